The summed E-state index contributed by atoms with van der Waals surface area (Å²) in [5, 5.41) is 3.51. The first-order valence-corrected chi connectivity index (χ1v) is 7.96. The highest BCUT2D eigenvalue weighted by Crippen LogP contribution is 2.29. The zero-order chi connectivity index (χ0) is 17.8. The summed E-state index contributed by atoms with van der Waals surface area (Å²) < 4.78 is 12.3. The molecule has 0 aliphatic heterocycles. The molecule has 128 valence electrons. The summed E-state index contributed by atoms with van der Waals surface area (Å²) in [5.41, 5.74) is 1.90. The predicted molar refractivity (Wildman–Crippen MR) is 98.3 cm³/mol. The SMILES string of the molecule is COc1ccc(C(=O)Nc2ccc(Cl)cc2-n2cccc2)cc1OC. The van der Waals surface area contributed by atoms with Gasteiger partial charge in [0.25, 0.3) is 5.91 Å². The lowest BCUT2D eigenvalue weighted by Gasteiger charge is -2.14. The molecule has 0 bridgehead atoms. The van der Waals surface area contributed by atoms with E-state index in [0.717, 1.165) is 5.69 Å². The van der Waals surface area contributed by atoms with E-state index in [4.69, 9.17) is 21.1 Å². The molecule has 0 radical (unpaired) electrons. The molecule has 5 nitrogen and oxygen atoms in total. The Balaban J connectivity index is 1.92. The van der Waals surface area contributed by atoms with Crippen LogP contribution in [0.3, 0.4) is 0 Å². The summed E-state index contributed by atoms with van der Waals surface area (Å²) in [5.74, 6) is 0.812. The molecule has 0 saturated carbocycles. The van der Waals surface area contributed by atoms with Gasteiger partial charge in [0.2, 0.25) is 0 Å². The number of carbonyl (C=O) groups excluding carboxylic acids is 1. The Hall–Kier alpha value is -2.92. The van der Waals surface area contributed by atoms with Crippen LogP contribution in [0, 0.1) is 0 Å². The Bertz CT molecular complexity index is 892. The van der Waals surface area contributed by atoms with Crippen LogP contribution in [0.1, 0.15) is 10.4 Å². The number of anilines is 1. The Morgan fingerprint density at radius 1 is 1.00 bits per heavy atom. The van der Waals surface area contributed by atoms with Crippen LogP contribution < -0.4 is 14.8 Å². The minimum absolute atomic E-state index is 0.253. The summed E-state index contributed by atoms with van der Waals surface area (Å²) in [4.78, 5) is 12.6. The Labute approximate surface area is 150 Å². The maximum absolute atomic E-state index is 12.6. The van der Waals surface area contributed by atoms with E-state index in [2.05, 4.69) is 5.32 Å². The standard InChI is InChI=1S/C19H17ClN2O3/c1-24-17-8-5-13(11-18(17)25-2)19(23)21-15-7-6-14(20)12-16(15)22-9-3-4-10-22/h3-12H,1-2H3,(H,21,23). The lowest BCUT2D eigenvalue weighted by Crippen LogP contribution is -2.14. The summed E-state index contributed by atoms with van der Waals surface area (Å²) in [6.45, 7) is 0. The number of methoxy groups -OCH3 is 2. The van der Waals surface area contributed by atoms with Crippen molar-refractivity contribution in [3.05, 3.63) is 71.5 Å². The number of benzene rings is 2. The van der Waals surface area contributed by atoms with Gasteiger partial charge in [-0.3, -0.25) is 4.79 Å². The minimum atomic E-state index is -0.253. The van der Waals surface area contributed by atoms with Crippen LogP contribution in [-0.2, 0) is 0 Å². The summed E-state index contributed by atoms with van der Waals surface area (Å²) in [6, 6.07) is 14.1. The first-order valence-electron chi connectivity index (χ1n) is 7.58. The van der Waals surface area contributed by atoms with Gasteiger partial charge in [-0.25, -0.2) is 0 Å². The van der Waals surface area contributed by atoms with Crippen LogP contribution in [0.25, 0.3) is 5.69 Å². The molecule has 1 aromatic heterocycles. The second-order valence-electron chi connectivity index (χ2n) is 5.28. The monoisotopic (exact) mass is 356 g/mol. The summed E-state index contributed by atoms with van der Waals surface area (Å²) in [7, 11) is 3.08. The average Bonchev–Trinajstić information content (AvgIpc) is 3.17. The van der Waals surface area contributed by atoms with Crippen LogP contribution in [0.15, 0.2) is 60.9 Å². The maximum Gasteiger partial charge on any atom is 0.255 e. The molecular weight excluding hydrogens is 340 g/mol. The van der Waals surface area contributed by atoms with E-state index < -0.39 is 0 Å². The van der Waals surface area contributed by atoms with Gasteiger partial charge in [0.1, 0.15) is 0 Å². The normalized spacial score (nSPS) is 10.4. The molecule has 0 saturated heterocycles. The van der Waals surface area contributed by atoms with E-state index >= 15 is 0 Å². The minimum Gasteiger partial charge on any atom is -0.493 e. The predicted octanol–water partition coefficient (Wildman–Crippen LogP) is 4.40. The molecule has 1 N–H and O–H groups in total. The van der Waals surface area contributed by atoms with E-state index in [-0.39, 0.29) is 5.91 Å². The van der Waals surface area contributed by atoms with Gasteiger partial charge in [0.15, 0.2) is 11.5 Å². The molecular formula is C19H17ClN2O3. The highest BCUT2D eigenvalue weighted by molar-refractivity contribution is 6.31. The maximum atomic E-state index is 12.6. The van der Waals surface area contributed by atoms with E-state index in [1.54, 1.807) is 43.5 Å². The van der Waals surface area contributed by atoms with Crippen molar-refractivity contribution in [3.63, 3.8) is 0 Å². The molecule has 0 atom stereocenters. The summed E-state index contributed by atoms with van der Waals surface area (Å²) >= 11 is 6.10. The van der Waals surface area contributed by atoms with Gasteiger partial charge in [0.05, 0.1) is 25.6 Å². The number of hydrogen-bond acceptors (Lipinski definition) is 3. The Kier molecular flexibility index (Phi) is 4.95. The van der Waals surface area contributed by atoms with Crippen molar-refractivity contribution >= 4 is 23.2 Å². The number of carbonyl (C=O) groups is 1. The molecule has 0 unspecified atom stereocenters. The number of nitrogens with zero attached hydrogens (tertiary/aromatic N) is 1. The van der Waals surface area contributed by atoms with Gasteiger partial charge in [-0.2, -0.15) is 0 Å². The second-order valence-corrected chi connectivity index (χ2v) is 5.71. The fourth-order valence-electron chi connectivity index (χ4n) is 2.49. The lowest BCUT2D eigenvalue weighted by atomic mass is 10.1. The van der Waals surface area contributed by atoms with E-state index in [0.29, 0.717) is 27.8 Å². The smallest absolute Gasteiger partial charge is 0.255 e. The summed E-state index contributed by atoms with van der Waals surface area (Å²) in [6.07, 6.45) is 3.77. The number of ether oxygens (including phenoxy) is 2. The largest absolute Gasteiger partial charge is 0.493 e. The molecule has 2 aromatic carbocycles. The van der Waals surface area contributed by atoms with Crippen molar-refractivity contribution in [2.45, 2.75) is 0 Å². The molecule has 3 aromatic rings. The number of aromatic nitrogens is 1. The van der Waals surface area contributed by atoms with Crippen molar-refractivity contribution in [2.24, 2.45) is 0 Å². The third-order valence-corrected chi connectivity index (χ3v) is 3.97. The zero-order valence-corrected chi connectivity index (χ0v) is 14.6. The number of nitrogens with one attached hydrogen (secondary N) is 1. The number of amides is 1. The van der Waals surface area contributed by atoms with Gasteiger partial charge in [-0.05, 0) is 48.5 Å². The van der Waals surface area contributed by atoms with Gasteiger partial charge in [-0.15, -0.1) is 0 Å². The lowest BCUT2D eigenvalue weighted by molar-refractivity contribution is 0.102. The van der Waals surface area contributed by atoms with Gasteiger partial charge in [0, 0.05) is 23.0 Å². The molecule has 1 heterocycles. The fourth-order valence-corrected chi connectivity index (χ4v) is 2.66. The highest BCUT2D eigenvalue weighted by Gasteiger charge is 2.13. The molecule has 6 heteroatoms. The van der Waals surface area contributed by atoms with Gasteiger partial charge >= 0.3 is 0 Å². The molecule has 25 heavy (non-hydrogen) atoms. The van der Waals surface area contributed by atoms with Gasteiger partial charge in [-0.1, -0.05) is 11.6 Å². The molecule has 0 aliphatic rings. The first kappa shape index (κ1) is 16.9. The first-order chi connectivity index (χ1) is 12.1. The third-order valence-electron chi connectivity index (χ3n) is 3.74. The zero-order valence-electron chi connectivity index (χ0n) is 13.8. The van der Waals surface area contributed by atoms with E-state index in [1.165, 1.54) is 7.11 Å². The van der Waals surface area contributed by atoms with Crippen molar-refractivity contribution in [2.75, 3.05) is 19.5 Å². The molecule has 0 aliphatic carbocycles. The number of halogens is 1. The fraction of sp³-hybridized carbons (Fsp3) is 0.105. The number of hydrogen-bond donors (Lipinski definition) is 1. The number of rotatable bonds is 5. The van der Waals surface area contributed by atoms with Crippen LogP contribution >= 0.6 is 11.6 Å². The Morgan fingerprint density at radius 3 is 2.40 bits per heavy atom. The Morgan fingerprint density at radius 2 is 1.72 bits per heavy atom. The molecule has 3 rings (SSSR count). The third kappa shape index (κ3) is 3.61. The van der Waals surface area contributed by atoms with Crippen LogP contribution in [-0.4, -0.2) is 24.7 Å². The molecule has 0 spiro atoms. The van der Waals surface area contributed by atoms with Crippen molar-refractivity contribution < 1.29 is 14.3 Å². The average molecular weight is 357 g/mol. The molecule has 1 amide bonds. The van der Waals surface area contributed by atoms with Crippen molar-refractivity contribution in [3.8, 4) is 17.2 Å². The van der Waals surface area contributed by atoms with Crippen LogP contribution in [0.2, 0.25) is 5.02 Å². The quantitative estimate of drug-likeness (QED) is 0.737. The second kappa shape index (κ2) is 7.32. The van der Waals surface area contributed by atoms with Crippen molar-refractivity contribution in [1.29, 1.82) is 0 Å². The van der Waals surface area contributed by atoms with Gasteiger partial charge < -0.3 is 19.4 Å². The van der Waals surface area contributed by atoms with Crippen LogP contribution in [0.4, 0.5) is 5.69 Å². The van der Waals surface area contributed by atoms with Crippen molar-refractivity contribution in [1.82, 2.24) is 4.57 Å². The van der Waals surface area contributed by atoms with Crippen LogP contribution in [0.5, 0.6) is 11.5 Å². The topological polar surface area (TPSA) is 52.5 Å². The highest BCUT2D eigenvalue weighted by atomic mass is 35.5. The van der Waals surface area contributed by atoms with E-state index in [1.807, 2.05) is 29.1 Å². The molecule has 0 fully saturated rings. The van der Waals surface area contributed by atoms with E-state index in [9.17, 15) is 4.79 Å².